The molecule has 0 aliphatic heterocycles. The number of aliphatic imine (C=N–C) groups is 1. The lowest BCUT2D eigenvalue weighted by atomic mass is 10.2. The third-order valence-electron chi connectivity index (χ3n) is 2.64. The fourth-order valence-corrected chi connectivity index (χ4v) is 2.15. The number of hydrogen-bond donors (Lipinski definition) is 2. The summed E-state index contributed by atoms with van der Waals surface area (Å²) in [4.78, 5) is 3.85. The Labute approximate surface area is 117 Å². The Hall–Kier alpha value is -2.18. The number of nitrogens with zero attached hydrogens (tertiary/aromatic N) is 1. The normalized spacial score (nSPS) is 11.8. The molecular weight excluding hydrogens is 278 g/mol. The van der Waals surface area contributed by atoms with E-state index in [0.717, 1.165) is 11.6 Å². The second-order valence-corrected chi connectivity index (χ2v) is 5.57. The van der Waals surface area contributed by atoms with Crippen LogP contribution in [0.15, 0.2) is 58.4 Å². The van der Waals surface area contributed by atoms with Crippen molar-refractivity contribution in [1.29, 1.82) is 0 Å². The monoisotopic (exact) mass is 291 g/mol. The Kier molecular flexibility index (Phi) is 4.16. The van der Waals surface area contributed by atoms with E-state index in [9.17, 15) is 13.5 Å². The molecule has 0 radical (unpaired) electrons. The van der Waals surface area contributed by atoms with Crippen molar-refractivity contribution in [1.82, 2.24) is 0 Å². The third kappa shape index (κ3) is 3.66. The molecule has 0 aliphatic rings. The van der Waals surface area contributed by atoms with Gasteiger partial charge in [-0.1, -0.05) is 30.3 Å². The van der Waals surface area contributed by atoms with Crippen molar-refractivity contribution in [3.63, 3.8) is 0 Å². The molecule has 0 fully saturated rings. The fraction of sp³-hybridized carbons (Fsp3) is 0.0714. The maximum absolute atomic E-state index is 11.0. The first-order valence-corrected chi connectivity index (χ1v) is 7.25. The fourth-order valence-electron chi connectivity index (χ4n) is 1.63. The van der Waals surface area contributed by atoms with Gasteiger partial charge in [-0.3, -0.25) is 9.55 Å². The molecule has 0 saturated heterocycles. The minimum Gasteiger partial charge on any atom is -0.507 e. The smallest absolute Gasteiger partial charge is 0.294 e. The molecule has 0 spiro atoms. The van der Waals surface area contributed by atoms with E-state index in [1.165, 1.54) is 18.3 Å². The van der Waals surface area contributed by atoms with Crippen molar-refractivity contribution >= 4 is 16.3 Å². The van der Waals surface area contributed by atoms with E-state index in [-0.39, 0.29) is 16.2 Å². The highest BCUT2D eigenvalue weighted by Crippen LogP contribution is 2.19. The summed E-state index contributed by atoms with van der Waals surface area (Å²) in [6, 6.07) is 13.0. The van der Waals surface area contributed by atoms with Gasteiger partial charge >= 0.3 is 0 Å². The highest BCUT2D eigenvalue weighted by Gasteiger charge is 2.11. The maximum atomic E-state index is 11.0. The molecule has 0 amide bonds. The molecule has 0 aliphatic carbocycles. The highest BCUT2D eigenvalue weighted by molar-refractivity contribution is 7.85. The second-order valence-electron chi connectivity index (χ2n) is 4.15. The van der Waals surface area contributed by atoms with Gasteiger partial charge in [-0.25, -0.2) is 0 Å². The van der Waals surface area contributed by atoms with Crippen LogP contribution < -0.4 is 0 Å². The van der Waals surface area contributed by atoms with Crippen molar-refractivity contribution in [3.8, 4) is 5.75 Å². The second kappa shape index (κ2) is 5.85. The predicted molar refractivity (Wildman–Crippen MR) is 75.7 cm³/mol. The summed E-state index contributed by atoms with van der Waals surface area (Å²) in [5, 5.41) is 9.63. The molecule has 5 nitrogen and oxygen atoms in total. The SMILES string of the molecule is O=S(=O)(O)c1ccc(O)c(C=NCc2ccccc2)c1. The molecule has 0 heterocycles. The number of phenols is 1. The zero-order valence-electron chi connectivity index (χ0n) is 10.5. The Balaban J connectivity index is 2.21. The topological polar surface area (TPSA) is 87.0 Å². The van der Waals surface area contributed by atoms with Crippen molar-refractivity contribution in [2.75, 3.05) is 0 Å². The van der Waals surface area contributed by atoms with Crippen LogP contribution in [0.4, 0.5) is 0 Å². The van der Waals surface area contributed by atoms with E-state index in [4.69, 9.17) is 4.55 Å². The predicted octanol–water partition coefficient (Wildman–Crippen LogP) is 2.26. The molecule has 2 aromatic carbocycles. The van der Waals surface area contributed by atoms with Crippen LogP contribution in [0.25, 0.3) is 0 Å². The van der Waals surface area contributed by atoms with E-state index in [0.29, 0.717) is 6.54 Å². The molecule has 6 heteroatoms. The lowest BCUT2D eigenvalue weighted by Gasteiger charge is -2.02. The van der Waals surface area contributed by atoms with Gasteiger partial charge in [-0.05, 0) is 23.8 Å². The Morgan fingerprint density at radius 3 is 2.45 bits per heavy atom. The van der Waals surface area contributed by atoms with E-state index in [1.807, 2.05) is 30.3 Å². The molecule has 0 atom stereocenters. The molecule has 2 rings (SSSR count). The molecule has 2 aromatic rings. The van der Waals surface area contributed by atoms with E-state index in [1.54, 1.807) is 0 Å². The first-order chi connectivity index (χ1) is 9.47. The summed E-state index contributed by atoms with van der Waals surface area (Å²) in [5.74, 6) is -0.103. The number of aromatic hydroxyl groups is 1. The quantitative estimate of drug-likeness (QED) is 0.668. The zero-order chi connectivity index (χ0) is 14.6. The molecule has 104 valence electrons. The number of phenolic OH excluding ortho intramolecular Hbond substituents is 1. The molecule has 0 unspecified atom stereocenters. The van der Waals surface area contributed by atoms with Gasteiger partial charge < -0.3 is 5.11 Å². The van der Waals surface area contributed by atoms with Crippen LogP contribution in [-0.2, 0) is 16.7 Å². The van der Waals surface area contributed by atoms with Gasteiger partial charge in [0.1, 0.15) is 5.75 Å². The van der Waals surface area contributed by atoms with Crippen molar-refractivity contribution in [2.45, 2.75) is 11.4 Å². The van der Waals surface area contributed by atoms with Crippen molar-refractivity contribution in [2.24, 2.45) is 4.99 Å². The summed E-state index contributed by atoms with van der Waals surface area (Å²) in [6.45, 7) is 0.413. The van der Waals surface area contributed by atoms with E-state index < -0.39 is 10.1 Å². The molecule has 0 aromatic heterocycles. The largest absolute Gasteiger partial charge is 0.507 e. The van der Waals surface area contributed by atoms with Crippen LogP contribution in [0.5, 0.6) is 5.75 Å². The molecule has 2 N–H and O–H groups in total. The first-order valence-electron chi connectivity index (χ1n) is 5.81. The highest BCUT2D eigenvalue weighted by atomic mass is 32.2. The van der Waals surface area contributed by atoms with Gasteiger partial charge in [0.15, 0.2) is 0 Å². The average molecular weight is 291 g/mol. The lowest BCUT2D eigenvalue weighted by molar-refractivity contribution is 0.472. The van der Waals surface area contributed by atoms with Crippen molar-refractivity contribution < 1.29 is 18.1 Å². The number of benzene rings is 2. The molecule has 0 saturated carbocycles. The van der Waals surface area contributed by atoms with Gasteiger partial charge in [0, 0.05) is 11.8 Å². The minimum absolute atomic E-state index is 0.103. The van der Waals surface area contributed by atoms with Crippen LogP contribution in [0.1, 0.15) is 11.1 Å². The maximum Gasteiger partial charge on any atom is 0.294 e. The summed E-state index contributed by atoms with van der Waals surface area (Å²) >= 11 is 0. The molecule has 20 heavy (non-hydrogen) atoms. The van der Waals surface area contributed by atoms with E-state index >= 15 is 0 Å². The standard InChI is InChI=1S/C14H13NO4S/c16-14-7-6-13(20(17,18)19)8-12(14)10-15-9-11-4-2-1-3-5-11/h1-8,10,16H,9H2,(H,17,18,19). The lowest BCUT2D eigenvalue weighted by Crippen LogP contribution is -1.99. The summed E-state index contributed by atoms with van der Waals surface area (Å²) in [6.07, 6.45) is 1.37. The van der Waals surface area contributed by atoms with Crippen LogP contribution in [0.2, 0.25) is 0 Å². The Morgan fingerprint density at radius 2 is 1.80 bits per heavy atom. The third-order valence-corrected chi connectivity index (χ3v) is 3.49. The van der Waals surface area contributed by atoms with Gasteiger partial charge in [0.25, 0.3) is 10.1 Å². The van der Waals surface area contributed by atoms with Crippen LogP contribution in [0, 0.1) is 0 Å². The zero-order valence-corrected chi connectivity index (χ0v) is 11.3. The van der Waals surface area contributed by atoms with Crippen LogP contribution in [-0.4, -0.2) is 24.3 Å². The number of hydrogen-bond acceptors (Lipinski definition) is 4. The van der Waals surface area contributed by atoms with Gasteiger partial charge in [-0.15, -0.1) is 0 Å². The van der Waals surface area contributed by atoms with E-state index in [2.05, 4.69) is 4.99 Å². The summed E-state index contributed by atoms with van der Waals surface area (Å²) < 4.78 is 31.0. The molecule has 0 bridgehead atoms. The first kappa shape index (κ1) is 14.2. The van der Waals surface area contributed by atoms with Gasteiger partial charge in [0.2, 0.25) is 0 Å². The Bertz CT molecular complexity index is 724. The number of rotatable bonds is 4. The van der Waals surface area contributed by atoms with Crippen LogP contribution >= 0.6 is 0 Å². The van der Waals surface area contributed by atoms with Gasteiger partial charge in [-0.2, -0.15) is 8.42 Å². The van der Waals surface area contributed by atoms with Gasteiger partial charge in [0.05, 0.1) is 11.4 Å². The Morgan fingerprint density at radius 1 is 1.10 bits per heavy atom. The van der Waals surface area contributed by atoms with Crippen LogP contribution in [0.3, 0.4) is 0 Å². The van der Waals surface area contributed by atoms with Crippen molar-refractivity contribution in [3.05, 3.63) is 59.7 Å². The minimum atomic E-state index is -4.29. The summed E-state index contributed by atoms with van der Waals surface area (Å²) in [7, 11) is -4.29. The molecular formula is C14H13NO4S. The summed E-state index contributed by atoms with van der Waals surface area (Å²) in [5.41, 5.74) is 1.23. The average Bonchev–Trinajstić information content (AvgIpc) is 2.41.